The quantitative estimate of drug-likeness (QED) is 0.484. The molecule has 0 heterocycles. The number of nitrogens with one attached hydrogen (secondary N) is 1. The van der Waals surface area contributed by atoms with Gasteiger partial charge in [-0.25, -0.2) is 0 Å². The van der Waals surface area contributed by atoms with Crippen molar-refractivity contribution in [2.45, 2.75) is 25.7 Å². The molecule has 0 aliphatic carbocycles. The monoisotopic (exact) mass is 421 g/mol. The highest BCUT2D eigenvalue weighted by atomic mass is 16.5. The van der Waals surface area contributed by atoms with Crippen LogP contribution in [-0.2, 0) is 11.3 Å². The molecule has 2 N–H and O–H groups in total. The van der Waals surface area contributed by atoms with E-state index in [4.69, 9.17) is 14.2 Å². The highest BCUT2D eigenvalue weighted by molar-refractivity contribution is 5.42. The first-order valence-electron chi connectivity index (χ1n) is 10.4. The van der Waals surface area contributed by atoms with E-state index >= 15 is 0 Å². The standard InChI is InChI=1S/C26H31NO4/c1-19-9-7-8-12-23(19)26(21-10-5-4-6-11-21)31-18-22(28)17-27-16-20-13-14-24(29-2)25(15-20)30-3/h4-15,22,26-28H,16-18H2,1-3H3. The lowest BCUT2D eigenvalue weighted by Crippen LogP contribution is -2.30. The normalized spacial score (nSPS) is 12.9. The van der Waals surface area contributed by atoms with Crippen molar-refractivity contribution in [1.29, 1.82) is 0 Å². The molecule has 3 aromatic rings. The number of hydrogen-bond acceptors (Lipinski definition) is 5. The smallest absolute Gasteiger partial charge is 0.161 e. The van der Waals surface area contributed by atoms with Crippen LogP contribution in [-0.4, -0.2) is 38.6 Å². The first-order chi connectivity index (χ1) is 15.1. The minimum absolute atomic E-state index is 0.220. The lowest BCUT2D eigenvalue weighted by atomic mass is 9.97. The Hall–Kier alpha value is -2.86. The first kappa shape index (κ1) is 22.8. The van der Waals surface area contributed by atoms with E-state index in [0.29, 0.717) is 24.6 Å². The molecule has 2 unspecified atom stereocenters. The molecule has 31 heavy (non-hydrogen) atoms. The number of aliphatic hydroxyl groups excluding tert-OH is 1. The van der Waals surface area contributed by atoms with E-state index in [2.05, 4.69) is 36.5 Å². The molecule has 164 valence electrons. The summed E-state index contributed by atoms with van der Waals surface area (Å²) in [7, 11) is 3.24. The molecular formula is C26H31NO4. The fraction of sp³-hybridized carbons (Fsp3) is 0.308. The minimum atomic E-state index is -0.629. The van der Waals surface area contributed by atoms with Crippen molar-refractivity contribution in [3.05, 3.63) is 95.1 Å². The lowest BCUT2D eigenvalue weighted by molar-refractivity contribution is 0.00627. The molecule has 0 saturated heterocycles. The third-order valence-corrected chi connectivity index (χ3v) is 5.19. The maximum absolute atomic E-state index is 10.5. The largest absolute Gasteiger partial charge is 0.493 e. The van der Waals surface area contributed by atoms with Gasteiger partial charge < -0.3 is 24.6 Å². The Labute approximate surface area is 184 Å². The van der Waals surface area contributed by atoms with Crippen molar-refractivity contribution in [3.63, 3.8) is 0 Å². The summed E-state index contributed by atoms with van der Waals surface area (Å²) in [5, 5.41) is 13.8. The lowest BCUT2D eigenvalue weighted by Gasteiger charge is -2.22. The fourth-order valence-corrected chi connectivity index (χ4v) is 3.51. The minimum Gasteiger partial charge on any atom is -0.493 e. The molecule has 0 amide bonds. The van der Waals surface area contributed by atoms with Crippen molar-refractivity contribution in [1.82, 2.24) is 5.32 Å². The van der Waals surface area contributed by atoms with Gasteiger partial charge in [0.05, 0.1) is 26.9 Å². The van der Waals surface area contributed by atoms with E-state index in [1.54, 1.807) is 14.2 Å². The van der Waals surface area contributed by atoms with Crippen LogP contribution >= 0.6 is 0 Å². The SMILES string of the molecule is COc1ccc(CNCC(O)COC(c2ccccc2)c2ccccc2C)cc1OC. The average Bonchev–Trinajstić information content (AvgIpc) is 2.81. The predicted octanol–water partition coefficient (Wildman–Crippen LogP) is 4.27. The Bertz CT molecular complexity index is 945. The van der Waals surface area contributed by atoms with E-state index < -0.39 is 6.10 Å². The molecule has 2 atom stereocenters. The number of ether oxygens (including phenoxy) is 3. The van der Waals surface area contributed by atoms with Crippen LogP contribution in [0.25, 0.3) is 0 Å². The van der Waals surface area contributed by atoms with E-state index in [1.807, 2.05) is 48.5 Å². The number of benzene rings is 3. The first-order valence-corrected chi connectivity index (χ1v) is 10.4. The molecular weight excluding hydrogens is 390 g/mol. The second kappa shape index (κ2) is 11.5. The van der Waals surface area contributed by atoms with Crippen LogP contribution in [0.2, 0.25) is 0 Å². The van der Waals surface area contributed by atoms with Gasteiger partial charge in [-0.3, -0.25) is 0 Å². The highest BCUT2D eigenvalue weighted by Gasteiger charge is 2.18. The average molecular weight is 422 g/mol. The van der Waals surface area contributed by atoms with Crippen molar-refractivity contribution < 1.29 is 19.3 Å². The molecule has 5 nitrogen and oxygen atoms in total. The fourth-order valence-electron chi connectivity index (χ4n) is 3.51. The van der Waals surface area contributed by atoms with Gasteiger partial charge in [-0.15, -0.1) is 0 Å². The third-order valence-electron chi connectivity index (χ3n) is 5.19. The van der Waals surface area contributed by atoms with Crippen LogP contribution in [0.4, 0.5) is 0 Å². The molecule has 0 aliphatic rings. The Morgan fingerprint density at radius 1 is 0.871 bits per heavy atom. The molecule has 0 spiro atoms. The summed E-state index contributed by atoms with van der Waals surface area (Å²) in [5.74, 6) is 1.39. The summed E-state index contributed by atoms with van der Waals surface area (Å²) in [6.07, 6.45) is -0.849. The maximum atomic E-state index is 10.5. The van der Waals surface area contributed by atoms with Crippen LogP contribution < -0.4 is 14.8 Å². The van der Waals surface area contributed by atoms with Crippen LogP contribution in [0, 0.1) is 6.92 Å². The zero-order valence-electron chi connectivity index (χ0n) is 18.4. The van der Waals surface area contributed by atoms with Gasteiger partial charge in [-0.1, -0.05) is 60.7 Å². The topological polar surface area (TPSA) is 60.0 Å². The van der Waals surface area contributed by atoms with Gasteiger partial charge in [0, 0.05) is 13.1 Å². The van der Waals surface area contributed by atoms with Gasteiger partial charge in [0.1, 0.15) is 6.10 Å². The van der Waals surface area contributed by atoms with Gasteiger partial charge in [0.15, 0.2) is 11.5 Å². The molecule has 0 aliphatic heterocycles. The summed E-state index contributed by atoms with van der Waals surface area (Å²) in [6, 6.07) is 24.1. The predicted molar refractivity (Wildman–Crippen MR) is 123 cm³/mol. The zero-order valence-corrected chi connectivity index (χ0v) is 18.4. The number of hydrogen-bond donors (Lipinski definition) is 2. The maximum Gasteiger partial charge on any atom is 0.161 e. The third kappa shape index (κ3) is 6.31. The van der Waals surface area contributed by atoms with Gasteiger partial charge in [-0.2, -0.15) is 0 Å². The van der Waals surface area contributed by atoms with Gasteiger partial charge in [-0.05, 0) is 41.3 Å². The van der Waals surface area contributed by atoms with E-state index in [1.165, 1.54) is 0 Å². The Kier molecular flexibility index (Phi) is 8.47. The number of rotatable bonds is 11. The van der Waals surface area contributed by atoms with Crippen molar-refractivity contribution in [2.75, 3.05) is 27.4 Å². The molecule has 5 heteroatoms. The zero-order chi connectivity index (χ0) is 22.1. The van der Waals surface area contributed by atoms with Crippen molar-refractivity contribution in [2.24, 2.45) is 0 Å². The van der Waals surface area contributed by atoms with Crippen LogP contribution in [0.15, 0.2) is 72.8 Å². The van der Waals surface area contributed by atoms with Crippen molar-refractivity contribution in [3.8, 4) is 11.5 Å². The summed E-state index contributed by atoms with van der Waals surface area (Å²) < 4.78 is 16.8. The Morgan fingerprint density at radius 3 is 2.29 bits per heavy atom. The van der Waals surface area contributed by atoms with Crippen molar-refractivity contribution >= 4 is 0 Å². The molecule has 3 aromatic carbocycles. The summed E-state index contributed by atoms with van der Waals surface area (Å²) >= 11 is 0. The molecule has 0 saturated carbocycles. The second-order valence-electron chi connectivity index (χ2n) is 7.45. The summed E-state index contributed by atoms with van der Waals surface area (Å²) in [4.78, 5) is 0. The van der Waals surface area contributed by atoms with Crippen LogP contribution in [0.3, 0.4) is 0 Å². The number of methoxy groups -OCH3 is 2. The van der Waals surface area contributed by atoms with E-state index in [0.717, 1.165) is 22.3 Å². The van der Waals surface area contributed by atoms with Gasteiger partial charge >= 0.3 is 0 Å². The molecule has 0 fully saturated rings. The summed E-state index contributed by atoms with van der Waals surface area (Å²) in [5.41, 5.74) is 4.40. The molecule has 3 rings (SSSR count). The van der Waals surface area contributed by atoms with Crippen LogP contribution in [0.5, 0.6) is 11.5 Å². The van der Waals surface area contributed by atoms with E-state index in [-0.39, 0.29) is 12.7 Å². The highest BCUT2D eigenvalue weighted by Crippen LogP contribution is 2.29. The number of aliphatic hydroxyl groups is 1. The second-order valence-corrected chi connectivity index (χ2v) is 7.45. The van der Waals surface area contributed by atoms with E-state index in [9.17, 15) is 5.11 Å². The Balaban J connectivity index is 1.56. The molecule has 0 aromatic heterocycles. The Morgan fingerprint density at radius 2 is 1.58 bits per heavy atom. The number of aryl methyl sites for hydroxylation is 1. The van der Waals surface area contributed by atoms with Crippen LogP contribution in [0.1, 0.15) is 28.4 Å². The summed E-state index contributed by atoms with van der Waals surface area (Å²) in [6.45, 7) is 3.34. The van der Waals surface area contributed by atoms with Gasteiger partial charge in [0.2, 0.25) is 0 Å². The van der Waals surface area contributed by atoms with Gasteiger partial charge in [0.25, 0.3) is 0 Å². The molecule has 0 radical (unpaired) electrons. The molecule has 0 bridgehead atoms.